The molecule has 3 nitrogen and oxygen atoms in total. The first kappa shape index (κ1) is 11.9. The van der Waals surface area contributed by atoms with E-state index in [2.05, 4.69) is 55.1 Å². The van der Waals surface area contributed by atoms with Crippen molar-refractivity contribution in [3.05, 3.63) is 54.5 Å². The topological polar surface area (TPSA) is 30.7 Å². The standard InChI is InChI=1S/C16H17N3/c1-16(2,3)15-8-10-19(18-15)13-6-7-14-12(11-13)5-4-9-17-14/h4-11H,1-3H3. The molecule has 0 aliphatic heterocycles. The molecule has 0 N–H and O–H groups in total. The van der Waals surface area contributed by atoms with Gasteiger partial charge in [0.05, 0.1) is 16.9 Å². The lowest BCUT2D eigenvalue weighted by molar-refractivity contribution is 0.560. The number of hydrogen-bond acceptors (Lipinski definition) is 2. The van der Waals surface area contributed by atoms with Crippen LogP contribution in [0.4, 0.5) is 0 Å². The fourth-order valence-corrected chi connectivity index (χ4v) is 2.07. The van der Waals surface area contributed by atoms with Crippen LogP contribution in [-0.2, 0) is 5.41 Å². The molecule has 0 aliphatic rings. The summed E-state index contributed by atoms with van der Waals surface area (Å²) in [5, 5.41) is 5.79. The van der Waals surface area contributed by atoms with Crippen LogP contribution in [0.25, 0.3) is 16.6 Å². The van der Waals surface area contributed by atoms with E-state index in [4.69, 9.17) is 0 Å². The minimum absolute atomic E-state index is 0.0731. The normalized spacial score (nSPS) is 11.9. The van der Waals surface area contributed by atoms with Gasteiger partial charge >= 0.3 is 0 Å². The molecule has 3 aromatic rings. The van der Waals surface area contributed by atoms with Crippen molar-refractivity contribution in [3.63, 3.8) is 0 Å². The Balaban J connectivity index is 2.07. The minimum Gasteiger partial charge on any atom is -0.256 e. The van der Waals surface area contributed by atoms with E-state index in [1.54, 1.807) is 0 Å². The fraction of sp³-hybridized carbons (Fsp3) is 0.250. The number of benzene rings is 1. The molecule has 3 rings (SSSR count). The summed E-state index contributed by atoms with van der Waals surface area (Å²) in [6, 6.07) is 12.3. The van der Waals surface area contributed by atoms with Gasteiger partial charge in [-0.2, -0.15) is 5.10 Å². The van der Waals surface area contributed by atoms with E-state index < -0.39 is 0 Å². The smallest absolute Gasteiger partial charge is 0.0703 e. The molecular formula is C16H17N3. The zero-order valence-electron chi connectivity index (χ0n) is 11.5. The van der Waals surface area contributed by atoms with Gasteiger partial charge in [-0.1, -0.05) is 26.8 Å². The van der Waals surface area contributed by atoms with Crippen LogP contribution in [0.15, 0.2) is 48.8 Å². The van der Waals surface area contributed by atoms with E-state index in [-0.39, 0.29) is 5.41 Å². The third kappa shape index (κ3) is 2.24. The summed E-state index contributed by atoms with van der Waals surface area (Å²) in [5.74, 6) is 0. The monoisotopic (exact) mass is 251 g/mol. The average molecular weight is 251 g/mol. The summed E-state index contributed by atoms with van der Waals surface area (Å²) in [6.07, 6.45) is 3.83. The SMILES string of the molecule is CC(C)(C)c1ccn(-c2ccc3ncccc3c2)n1. The van der Waals surface area contributed by atoms with Crippen LogP contribution in [0.5, 0.6) is 0 Å². The van der Waals surface area contributed by atoms with Crippen molar-refractivity contribution in [2.45, 2.75) is 26.2 Å². The predicted molar refractivity (Wildman–Crippen MR) is 77.6 cm³/mol. The highest BCUT2D eigenvalue weighted by Gasteiger charge is 2.16. The lowest BCUT2D eigenvalue weighted by Gasteiger charge is -2.14. The molecule has 0 spiro atoms. The van der Waals surface area contributed by atoms with Crippen LogP contribution in [0.3, 0.4) is 0 Å². The first-order chi connectivity index (χ1) is 9.04. The van der Waals surface area contributed by atoms with Crippen LogP contribution < -0.4 is 0 Å². The van der Waals surface area contributed by atoms with Crippen LogP contribution in [0, 0.1) is 0 Å². The Bertz CT molecular complexity index is 720. The van der Waals surface area contributed by atoms with Crippen molar-refractivity contribution in [1.82, 2.24) is 14.8 Å². The average Bonchev–Trinajstić information content (AvgIpc) is 2.87. The van der Waals surface area contributed by atoms with Gasteiger partial charge in [-0.3, -0.25) is 4.98 Å². The first-order valence-electron chi connectivity index (χ1n) is 6.45. The van der Waals surface area contributed by atoms with Crippen LogP contribution in [0.1, 0.15) is 26.5 Å². The number of fused-ring (bicyclic) bond motifs is 1. The zero-order valence-corrected chi connectivity index (χ0v) is 11.5. The molecule has 3 heteroatoms. The molecule has 19 heavy (non-hydrogen) atoms. The van der Waals surface area contributed by atoms with Crippen molar-refractivity contribution >= 4 is 10.9 Å². The highest BCUT2D eigenvalue weighted by atomic mass is 15.3. The molecule has 0 bridgehead atoms. The van der Waals surface area contributed by atoms with Crippen molar-refractivity contribution < 1.29 is 0 Å². The molecule has 2 heterocycles. The third-order valence-electron chi connectivity index (χ3n) is 3.21. The second-order valence-electron chi connectivity index (χ2n) is 5.78. The van der Waals surface area contributed by atoms with Crippen molar-refractivity contribution in [2.75, 3.05) is 0 Å². The molecule has 0 saturated heterocycles. The van der Waals surface area contributed by atoms with Gasteiger partial charge < -0.3 is 0 Å². The maximum absolute atomic E-state index is 4.65. The number of hydrogen-bond donors (Lipinski definition) is 0. The summed E-state index contributed by atoms with van der Waals surface area (Å²) in [4.78, 5) is 4.33. The summed E-state index contributed by atoms with van der Waals surface area (Å²) in [5.41, 5.74) is 3.24. The van der Waals surface area contributed by atoms with Gasteiger partial charge in [0.2, 0.25) is 0 Å². The molecule has 1 aromatic carbocycles. The van der Waals surface area contributed by atoms with Crippen molar-refractivity contribution in [1.29, 1.82) is 0 Å². The summed E-state index contributed by atoms with van der Waals surface area (Å²) in [6.45, 7) is 6.51. The highest BCUT2D eigenvalue weighted by Crippen LogP contribution is 2.22. The molecule has 0 aliphatic carbocycles. The van der Waals surface area contributed by atoms with Gasteiger partial charge in [-0.15, -0.1) is 0 Å². The van der Waals surface area contributed by atoms with E-state index in [0.717, 1.165) is 22.3 Å². The summed E-state index contributed by atoms with van der Waals surface area (Å²) >= 11 is 0. The first-order valence-corrected chi connectivity index (χ1v) is 6.45. The van der Waals surface area contributed by atoms with Gasteiger partial charge in [-0.25, -0.2) is 4.68 Å². The van der Waals surface area contributed by atoms with E-state index in [1.165, 1.54) is 0 Å². The van der Waals surface area contributed by atoms with Crippen molar-refractivity contribution in [3.8, 4) is 5.69 Å². The Labute approximate surface area is 112 Å². The fourth-order valence-electron chi connectivity index (χ4n) is 2.07. The molecule has 0 saturated carbocycles. The Morgan fingerprint density at radius 3 is 2.63 bits per heavy atom. The number of nitrogens with zero attached hydrogens (tertiary/aromatic N) is 3. The summed E-state index contributed by atoms with van der Waals surface area (Å²) < 4.78 is 1.92. The number of rotatable bonds is 1. The quantitative estimate of drug-likeness (QED) is 0.660. The Morgan fingerprint density at radius 2 is 1.89 bits per heavy atom. The highest BCUT2D eigenvalue weighted by molar-refractivity contribution is 5.80. The molecule has 96 valence electrons. The molecular weight excluding hydrogens is 234 g/mol. The maximum atomic E-state index is 4.65. The largest absolute Gasteiger partial charge is 0.256 e. The van der Waals surface area contributed by atoms with E-state index >= 15 is 0 Å². The van der Waals surface area contributed by atoms with Gasteiger partial charge in [0.1, 0.15) is 0 Å². The van der Waals surface area contributed by atoms with Crippen LogP contribution in [0.2, 0.25) is 0 Å². The van der Waals surface area contributed by atoms with E-state index in [9.17, 15) is 0 Å². The van der Waals surface area contributed by atoms with Crippen LogP contribution >= 0.6 is 0 Å². The molecule has 0 radical (unpaired) electrons. The van der Waals surface area contributed by atoms with E-state index in [1.807, 2.05) is 29.2 Å². The molecule has 0 amide bonds. The summed E-state index contributed by atoms with van der Waals surface area (Å²) in [7, 11) is 0. The second kappa shape index (κ2) is 4.19. The predicted octanol–water partition coefficient (Wildman–Crippen LogP) is 3.72. The van der Waals surface area contributed by atoms with Gasteiger partial charge in [0.25, 0.3) is 0 Å². The second-order valence-corrected chi connectivity index (χ2v) is 5.78. The number of aromatic nitrogens is 3. The molecule has 2 aromatic heterocycles. The van der Waals surface area contributed by atoms with Gasteiger partial charge in [0.15, 0.2) is 0 Å². The minimum atomic E-state index is 0.0731. The lowest BCUT2D eigenvalue weighted by Crippen LogP contribution is -2.12. The van der Waals surface area contributed by atoms with E-state index in [0.29, 0.717) is 0 Å². The lowest BCUT2D eigenvalue weighted by atomic mass is 9.93. The van der Waals surface area contributed by atoms with Crippen LogP contribution in [-0.4, -0.2) is 14.8 Å². The van der Waals surface area contributed by atoms with Gasteiger partial charge in [-0.05, 0) is 30.3 Å². The molecule has 0 atom stereocenters. The Morgan fingerprint density at radius 1 is 1.05 bits per heavy atom. The Hall–Kier alpha value is -2.16. The van der Waals surface area contributed by atoms with Gasteiger partial charge in [0, 0.05) is 23.2 Å². The third-order valence-corrected chi connectivity index (χ3v) is 3.21. The zero-order chi connectivity index (χ0) is 13.5. The van der Waals surface area contributed by atoms with Crippen molar-refractivity contribution in [2.24, 2.45) is 0 Å². The Kier molecular flexibility index (Phi) is 2.63. The number of pyridine rings is 1. The maximum Gasteiger partial charge on any atom is 0.0703 e. The molecule has 0 fully saturated rings. The molecule has 0 unspecified atom stereocenters.